The fourth-order valence-electron chi connectivity index (χ4n) is 2.81. The Morgan fingerprint density at radius 3 is 2.44 bits per heavy atom. The van der Waals surface area contributed by atoms with Gasteiger partial charge in [-0.1, -0.05) is 19.3 Å². The number of nitrogens with zero attached hydrogens (tertiary/aromatic N) is 1. The van der Waals surface area contributed by atoms with Crippen LogP contribution < -0.4 is 0 Å². The Hall–Kier alpha value is -0.590. The molecule has 1 heteroatoms. The molecule has 2 aliphatic rings. The summed E-state index contributed by atoms with van der Waals surface area (Å²) in [4.78, 5) is 0. The molecule has 0 aromatic rings. The van der Waals surface area contributed by atoms with Crippen LogP contribution in [0.5, 0.6) is 0 Å². The molecule has 90 valence electrons. The molecule has 0 bridgehead atoms. The molecule has 16 heavy (non-hydrogen) atoms. The maximum absolute atomic E-state index is 2.57. The molecular weight excluding hydrogens is 194 g/mol. The standard InChI is InChI=1S/C15H26N/c1-3-7-11-15(12-8-4-1)16-13-9-5-2-6-10-14-16/h11,13H,1-10,12,14H2/q+1/b15-11+,16-13-. The minimum atomic E-state index is 1.27. The fourth-order valence-corrected chi connectivity index (χ4v) is 2.81. The summed E-state index contributed by atoms with van der Waals surface area (Å²) >= 11 is 0. The first kappa shape index (κ1) is 11.9. The summed E-state index contributed by atoms with van der Waals surface area (Å²) in [6.45, 7) is 1.27. The van der Waals surface area contributed by atoms with Gasteiger partial charge in [0.05, 0.1) is 0 Å². The van der Waals surface area contributed by atoms with E-state index in [1.165, 1.54) is 77.2 Å². The Bertz CT molecular complexity index is 235. The predicted octanol–water partition coefficient (Wildman–Crippen LogP) is 4.27. The van der Waals surface area contributed by atoms with Crippen LogP contribution in [0.25, 0.3) is 0 Å². The molecule has 0 aromatic carbocycles. The zero-order chi connectivity index (χ0) is 11.1. The molecule has 1 aliphatic carbocycles. The van der Waals surface area contributed by atoms with Crippen molar-refractivity contribution in [3.8, 4) is 0 Å². The summed E-state index contributed by atoms with van der Waals surface area (Å²) in [5.74, 6) is 0. The van der Waals surface area contributed by atoms with E-state index in [0.29, 0.717) is 0 Å². The van der Waals surface area contributed by atoms with Crippen LogP contribution in [0.2, 0.25) is 0 Å². The first-order valence-corrected chi connectivity index (χ1v) is 7.26. The van der Waals surface area contributed by atoms with Crippen LogP contribution in [0.15, 0.2) is 11.8 Å². The highest BCUT2D eigenvalue weighted by Crippen LogP contribution is 2.19. The van der Waals surface area contributed by atoms with Gasteiger partial charge in [0.2, 0.25) is 0 Å². The third-order valence-electron chi connectivity index (χ3n) is 3.84. The van der Waals surface area contributed by atoms with Crippen LogP contribution in [0.1, 0.15) is 70.6 Å². The minimum absolute atomic E-state index is 1.27. The lowest BCUT2D eigenvalue weighted by Gasteiger charge is -2.12. The SMILES string of the molecule is C1=[N+](\C2=C\CCCCCC2)CCCCCC/1. The van der Waals surface area contributed by atoms with E-state index in [9.17, 15) is 0 Å². The van der Waals surface area contributed by atoms with Crippen molar-refractivity contribution in [1.29, 1.82) is 0 Å². The predicted molar refractivity (Wildman–Crippen MR) is 70.1 cm³/mol. The van der Waals surface area contributed by atoms with Crippen LogP contribution in [0.3, 0.4) is 0 Å². The molecule has 0 fully saturated rings. The molecule has 0 amide bonds. The Morgan fingerprint density at radius 1 is 0.750 bits per heavy atom. The molecular formula is C15H26N+. The van der Waals surface area contributed by atoms with E-state index in [0.717, 1.165) is 0 Å². The van der Waals surface area contributed by atoms with Gasteiger partial charge in [-0.25, -0.2) is 4.58 Å². The Labute approximate surface area is 100 Å². The summed E-state index contributed by atoms with van der Waals surface area (Å²) in [5, 5.41) is 0. The number of rotatable bonds is 1. The smallest absolute Gasteiger partial charge is 0.176 e. The normalized spacial score (nSPS) is 31.0. The summed E-state index contributed by atoms with van der Waals surface area (Å²) in [5.41, 5.74) is 1.63. The summed E-state index contributed by atoms with van der Waals surface area (Å²) in [6, 6.07) is 0. The van der Waals surface area contributed by atoms with Gasteiger partial charge in [-0.2, -0.15) is 0 Å². The van der Waals surface area contributed by atoms with Crippen molar-refractivity contribution < 1.29 is 4.58 Å². The van der Waals surface area contributed by atoms with Crippen molar-refractivity contribution in [3.05, 3.63) is 11.8 Å². The van der Waals surface area contributed by atoms with E-state index in [1.54, 1.807) is 5.70 Å². The van der Waals surface area contributed by atoms with E-state index < -0.39 is 0 Å². The molecule has 0 spiro atoms. The van der Waals surface area contributed by atoms with E-state index >= 15 is 0 Å². The number of hydrogen-bond acceptors (Lipinski definition) is 0. The molecule has 0 saturated carbocycles. The minimum Gasteiger partial charge on any atom is -0.207 e. The largest absolute Gasteiger partial charge is 0.207 e. The van der Waals surface area contributed by atoms with Crippen molar-refractivity contribution >= 4 is 6.21 Å². The van der Waals surface area contributed by atoms with Crippen molar-refractivity contribution in [2.24, 2.45) is 0 Å². The van der Waals surface area contributed by atoms with E-state index in [1.807, 2.05) is 0 Å². The molecule has 2 rings (SSSR count). The average molecular weight is 220 g/mol. The van der Waals surface area contributed by atoms with Gasteiger partial charge < -0.3 is 0 Å². The summed E-state index contributed by atoms with van der Waals surface area (Å²) < 4.78 is 2.57. The quantitative estimate of drug-likeness (QED) is 0.580. The molecule has 0 radical (unpaired) electrons. The Kier molecular flexibility index (Phi) is 5.11. The van der Waals surface area contributed by atoms with Gasteiger partial charge in [0.1, 0.15) is 12.8 Å². The molecule has 1 nitrogen and oxygen atoms in total. The monoisotopic (exact) mass is 220 g/mol. The van der Waals surface area contributed by atoms with E-state index in [-0.39, 0.29) is 0 Å². The van der Waals surface area contributed by atoms with Gasteiger partial charge in [-0.05, 0) is 38.2 Å². The lowest BCUT2D eigenvalue weighted by atomic mass is 10.0. The first-order chi connectivity index (χ1) is 7.97. The average Bonchev–Trinajstić information content (AvgIpc) is 2.18. The molecule has 0 atom stereocenters. The van der Waals surface area contributed by atoms with Crippen molar-refractivity contribution in [2.45, 2.75) is 70.6 Å². The lowest BCUT2D eigenvalue weighted by molar-refractivity contribution is -0.478. The molecule has 0 N–H and O–H groups in total. The van der Waals surface area contributed by atoms with Gasteiger partial charge >= 0.3 is 0 Å². The van der Waals surface area contributed by atoms with Gasteiger partial charge in [-0.15, -0.1) is 0 Å². The van der Waals surface area contributed by atoms with Gasteiger partial charge in [0, 0.05) is 19.3 Å². The zero-order valence-corrected chi connectivity index (χ0v) is 10.6. The molecule has 1 aliphatic heterocycles. The van der Waals surface area contributed by atoms with Gasteiger partial charge in [0.25, 0.3) is 0 Å². The van der Waals surface area contributed by atoms with E-state index in [4.69, 9.17) is 0 Å². The highest BCUT2D eigenvalue weighted by atomic mass is 15.0. The second-order valence-electron chi connectivity index (χ2n) is 5.23. The van der Waals surface area contributed by atoms with Crippen molar-refractivity contribution in [1.82, 2.24) is 0 Å². The second-order valence-corrected chi connectivity index (χ2v) is 5.23. The fraction of sp³-hybridized carbons (Fsp3) is 0.800. The van der Waals surface area contributed by atoms with Crippen LogP contribution in [0, 0.1) is 0 Å². The second kappa shape index (κ2) is 6.88. The van der Waals surface area contributed by atoms with E-state index in [2.05, 4.69) is 16.9 Å². The van der Waals surface area contributed by atoms with Crippen LogP contribution in [0.4, 0.5) is 0 Å². The van der Waals surface area contributed by atoms with Crippen molar-refractivity contribution in [2.75, 3.05) is 6.54 Å². The van der Waals surface area contributed by atoms with Crippen LogP contribution >= 0.6 is 0 Å². The lowest BCUT2D eigenvalue weighted by Crippen LogP contribution is -2.17. The molecule has 1 heterocycles. The first-order valence-electron chi connectivity index (χ1n) is 7.26. The van der Waals surface area contributed by atoms with Gasteiger partial charge in [-0.3, -0.25) is 0 Å². The third-order valence-corrected chi connectivity index (χ3v) is 3.84. The number of hydrogen-bond donors (Lipinski definition) is 0. The molecule has 0 saturated heterocycles. The number of allylic oxidation sites excluding steroid dienone is 2. The molecule has 0 aromatic heterocycles. The van der Waals surface area contributed by atoms with Crippen LogP contribution in [-0.2, 0) is 0 Å². The Balaban J connectivity index is 2.01. The summed E-state index contributed by atoms with van der Waals surface area (Å²) in [6.07, 6.45) is 20.2. The topological polar surface area (TPSA) is 3.01 Å². The third kappa shape index (κ3) is 3.77. The highest BCUT2D eigenvalue weighted by Gasteiger charge is 2.14. The Morgan fingerprint density at radius 2 is 1.50 bits per heavy atom. The van der Waals surface area contributed by atoms with Gasteiger partial charge in [0.15, 0.2) is 5.70 Å². The summed E-state index contributed by atoms with van der Waals surface area (Å²) in [7, 11) is 0. The van der Waals surface area contributed by atoms with Crippen molar-refractivity contribution in [3.63, 3.8) is 0 Å². The van der Waals surface area contributed by atoms with Crippen LogP contribution in [-0.4, -0.2) is 17.3 Å². The maximum atomic E-state index is 2.57. The zero-order valence-electron chi connectivity index (χ0n) is 10.6. The molecule has 0 unspecified atom stereocenters. The highest BCUT2D eigenvalue weighted by molar-refractivity contribution is 5.51. The maximum Gasteiger partial charge on any atom is 0.176 e.